The summed E-state index contributed by atoms with van der Waals surface area (Å²) in [6.07, 6.45) is 0.683. The van der Waals surface area contributed by atoms with Crippen LogP contribution in [0.25, 0.3) is 16.6 Å². The average Bonchev–Trinajstić information content (AvgIpc) is 3.26. The third kappa shape index (κ3) is 3.33. The minimum Gasteiger partial charge on any atom is -0.454 e. The Morgan fingerprint density at radius 2 is 1.79 bits per heavy atom. The molecule has 0 saturated carbocycles. The molecule has 1 amide bonds. The monoisotopic (exact) mass is 388 g/mol. The van der Waals surface area contributed by atoms with Crippen molar-refractivity contribution in [3.05, 3.63) is 78.0 Å². The van der Waals surface area contributed by atoms with Crippen LogP contribution in [0.4, 0.5) is 0 Å². The second kappa shape index (κ2) is 7.39. The van der Waals surface area contributed by atoms with E-state index in [1.54, 1.807) is 25.3 Å². The van der Waals surface area contributed by atoms with E-state index in [2.05, 4.69) is 11.6 Å². The van der Waals surface area contributed by atoms with Crippen LogP contribution in [0.5, 0.6) is 0 Å². The van der Waals surface area contributed by atoms with Crippen LogP contribution in [0.2, 0.25) is 0 Å². The number of rotatable bonds is 6. The van der Waals surface area contributed by atoms with Crippen molar-refractivity contribution in [1.82, 2.24) is 9.88 Å². The molecule has 4 rings (SSSR count). The molecule has 3 aromatic rings. The lowest BCUT2D eigenvalue weighted by atomic mass is 10.1. The van der Waals surface area contributed by atoms with E-state index in [4.69, 9.17) is 4.74 Å². The molecule has 0 saturated heterocycles. The zero-order valence-electron chi connectivity index (χ0n) is 16.0. The van der Waals surface area contributed by atoms with E-state index in [0.717, 1.165) is 16.5 Å². The van der Waals surface area contributed by atoms with Gasteiger partial charge in [0.2, 0.25) is 5.78 Å². The summed E-state index contributed by atoms with van der Waals surface area (Å²) in [5.74, 6) is -0.992. The molecule has 29 heavy (non-hydrogen) atoms. The van der Waals surface area contributed by atoms with E-state index >= 15 is 0 Å². The van der Waals surface area contributed by atoms with Gasteiger partial charge in [0, 0.05) is 46.0 Å². The van der Waals surface area contributed by atoms with Gasteiger partial charge in [0.05, 0.1) is 6.42 Å². The molecule has 0 fully saturated rings. The number of benzene rings is 2. The van der Waals surface area contributed by atoms with Crippen LogP contribution in [-0.4, -0.2) is 40.2 Å². The summed E-state index contributed by atoms with van der Waals surface area (Å²) in [7, 11) is 0. The van der Waals surface area contributed by atoms with Crippen LogP contribution in [0.15, 0.2) is 61.3 Å². The van der Waals surface area contributed by atoms with Crippen molar-refractivity contribution in [3.63, 3.8) is 0 Å². The summed E-state index contributed by atoms with van der Waals surface area (Å²) in [5.41, 5.74) is 3.25. The van der Waals surface area contributed by atoms with Gasteiger partial charge < -0.3 is 14.6 Å². The molecule has 6 nitrogen and oxygen atoms in total. The lowest BCUT2D eigenvalue weighted by Crippen LogP contribution is -2.29. The predicted octanol–water partition coefficient (Wildman–Crippen LogP) is 3.80. The van der Waals surface area contributed by atoms with Crippen molar-refractivity contribution < 1.29 is 19.1 Å². The lowest BCUT2D eigenvalue weighted by Gasteiger charge is -2.18. The third-order valence-electron chi connectivity index (χ3n) is 5.11. The highest BCUT2D eigenvalue weighted by Crippen LogP contribution is 2.31. The molecule has 1 aromatic heterocycles. The molecule has 0 radical (unpaired) electrons. The summed E-state index contributed by atoms with van der Waals surface area (Å²) < 4.78 is 5.32. The Morgan fingerprint density at radius 1 is 1.10 bits per heavy atom. The standard InChI is InChI=1S/C23H20N2O4/c1-14-16-7-3-4-9-18(16)23(28)25(14)12-11-21(26)29-15(2)22(27)19-13-24-20-10-6-5-8-17(19)20/h3-10,13,15,24H,1,11-12H2,2H3. The summed E-state index contributed by atoms with van der Waals surface area (Å²) in [6.45, 7) is 5.66. The molecular weight excluding hydrogens is 368 g/mol. The highest BCUT2D eigenvalue weighted by Gasteiger charge is 2.31. The zero-order chi connectivity index (χ0) is 20.5. The van der Waals surface area contributed by atoms with E-state index in [9.17, 15) is 14.4 Å². The van der Waals surface area contributed by atoms with Crippen molar-refractivity contribution in [2.75, 3.05) is 6.54 Å². The van der Waals surface area contributed by atoms with E-state index < -0.39 is 12.1 Å². The topological polar surface area (TPSA) is 79.5 Å². The molecule has 1 aliphatic rings. The van der Waals surface area contributed by atoms with Crippen LogP contribution >= 0.6 is 0 Å². The number of Topliss-reactive ketones (excluding diaryl/α,β-unsaturated/α-hetero) is 1. The number of aromatic nitrogens is 1. The number of hydrogen-bond donors (Lipinski definition) is 1. The maximum Gasteiger partial charge on any atom is 0.308 e. The lowest BCUT2D eigenvalue weighted by molar-refractivity contribution is -0.146. The number of hydrogen-bond acceptors (Lipinski definition) is 4. The molecule has 2 aromatic carbocycles. The Bertz CT molecular complexity index is 1110. The maximum absolute atomic E-state index is 12.7. The van der Waals surface area contributed by atoms with Gasteiger partial charge in [-0.1, -0.05) is 43.0 Å². The number of aromatic amines is 1. The number of nitrogens with zero attached hydrogens (tertiary/aromatic N) is 1. The Balaban J connectivity index is 1.37. The highest BCUT2D eigenvalue weighted by molar-refractivity contribution is 6.10. The first-order valence-corrected chi connectivity index (χ1v) is 9.37. The predicted molar refractivity (Wildman–Crippen MR) is 109 cm³/mol. The Morgan fingerprint density at radius 3 is 2.55 bits per heavy atom. The first-order valence-electron chi connectivity index (χ1n) is 9.37. The van der Waals surface area contributed by atoms with E-state index in [1.807, 2.05) is 36.4 Å². The highest BCUT2D eigenvalue weighted by atomic mass is 16.5. The van der Waals surface area contributed by atoms with Crippen molar-refractivity contribution in [1.29, 1.82) is 0 Å². The number of ketones is 1. The molecule has 6 heteroatoms. The minimum absolute atomic E-state index is 0.0236. The van der Waals surface area contributed by atoms with Gasteiger partial charge >= 0.3 is 5.97 Å². The summed E-state index contributed by atoms with van der Waals surface area (Å²) in [5, 5.41) is 0.789. The number of esters is 1. The molecule has 0 aliphatic carbocycles. The Kier molecular flexibility index (Phi) is 4.76. The van der Waals surface area contributed by atoms with Gasteiger partial charge in [0.15, 0.2) is 6.10 Å². The average molecular weight is 388 g/mol. The molecule has 1 atom stereocenters. The fraction of sp³-hybridized carbons (Fsp3) is 0.174. The molecule has 1 aliphatic heterocycles. The van der Waals surface area contributed by atoms with Gasteiger partial charge in [-0.15, -0.1) is 0 Å². The number of carbonyl (C=O) groups is 3. The van der Waals surface area contributed by atoms with Crippen LogP contribution in [0, 0.1) is 0 Å². The summed E-state index contributed by atoms with van der Waals surface area (Å²) in [4.78, 5) is 42.0. The van der Waals surface area contributed by atoms with Crippen LogP contribution < -0.4 is 0 Å². The van der Waals surface area contributed by atoms with Crippen molar-refractivity contribution in [3.8, 4) is 0 Å². The second-order valence-corrected chi connectivity index (χ2v) is 6.94. The van der Waals surface area contributed by atoms with Crippen molar-refractivity contribution >= 4 is 34.3 Å². The van der Waals surface area contributed by atoms with Gasteiger partial charge in [-0.3, -0.25) is 14.4 Å². The third-order valence-corrected chi connectivity index (χ3v) is 5.11. The number of para-hydroxylation sites is 1. The number of carbonyl (C=O) groups excluding carboxylic acids is 3. The fourth-order valence-corrected chi connectivity index (χ4v) is 3.58. The van der Waals surface area contributed by atoms with Crippen LogP contribution in [-0.2, 0) is 9.53 Å². The largest absolute Gasteiger partial charge is 0.454 e. The Labute approximate surface area is 167 Å². The van der Waals surface area contributed by atoms with Gasteiger partial charge in [0.1, 0.15) is 0 Å². The van der Waals surface area contributed by atoms with E-state index in [1.165, 1.54) is 4.90 Å². The molecular formula is C23H20N2O4. The summed E-state index contributed by atoms with van der Waals surface area (Å²) in [6, 6.07) is 14.6. The zero-order valence-corrected chi connectivity index (χ0v) is 16.0. The number of ether oxygens (including phenoxy) is 1. The maximum atomic E-state index is 12.7. The normalized spacial score (nSPS) is 14.2. The molecule has 0 spiro atoms. The van der Waals surface area contributed by atoms with Crippen molar-refractivity contribution in [2.45, 2.75) is 19.4 Å². The van der Waals surface area contributed by atoms with Gasteiger partial charge in [-0.2, -0.15) is 0 Å². The quantitative estimate of drug-likeness (QED) is 0.515. The van der Waals surface area contributed by atoms with E-state index in [0.29, 0.717) is 16.8 Å². The second-order valence-electron chi connectivity index (χ2n) is 6.94. The van der Waals surface area contributed by atoms with Gasteiger partial charge in [0.25, 0.3) is 5.91 Å². The first-order chi connectivity index (χ1) is 14.0. The smallest absolute Gasteiger partial charge is 0.308 e. The first kappa shape index (κ1) is 18.7. The van der Waals surface area contributed by atoms with Crippen LogP contribution in [0.1, 0.15) is 39.6 Å². The number of fused-ring (bicyclic) bond motifs is 2. The van der Waals surface area contributed by atoms with Gasteiger partial charge in [-0.05, 0) is 19.1 Å². The number of nitrogens with one attached hydrogen (secondary N) is 1. The van der Waals surface area contributed by atoms with E-state index in [-0.39, 0.29) is 24.7 Å². The molecule has 1 unspecified atom stereocenters. The molecule has 0 bridgehead atoms. The Hall–Kier alpha value is -3.67. The molecule has 146 valence electrons. The van der Waals surface area contributed by atoms with Crippen LogP contribution in [0.3, 0.4) is 0 Å². The van der Waals surface area contributed by atoms with Crippen molar-refractivity contribution in [2.24, 2.45) is 0 Å². The minimum atomic E-state index is -0.920. The van der Waals surface area contributed by atoms with Gasteiger partial charge in [-0.25, -0.2) is 0 Å². The summed E-state index contributed by atoms with van der Waals surface area (Å²) >= 11 is 0. The molecule has 2 heterocycles. The fourth-order valence-electron chi connectivity index (χ4n) is 3.58. The SMILES string of the molecule is C=C1c2ccccc2C(=O)N1CCC(=O)OC(C)C(=O)c1c[nH]c2ccccc12. The number of amides is 1. The molecule has 1 N–H and O–H groups in total. The number of H-pyrrole nitrogens is 1.